The van der Waals surface area contributed by atoms with Crippen molar-refractivity contribution in [3.63, 3.8) is 0 Å². The Kier molecular flexibility index (Phi) is 3.22. The SMILES string of the molecule is CC1=CC(C2=CC3CCC(=O)C3CC2)=CC(C)C1O. The highest BCUT2D eigenvalue weighted by Gasteiger charge is 2.36. The van der Waals surface area contributed by atoms with Crippen LogP contribution in [0.25, 0.3) is 0 Å². The fraction of sp³-hybridized carbons (Fsp3) is 0.588. The Hall–Kier alpha value is -1.15. The van der Waals surface area contributed by atoms with Gasteiger partial charge in [-0.05, 0) is 48.8 Å². The van der Waals surface area contributed by atoms with Gasteiger partial charge in [0.15, 0.2) is 0 Å². The first-order valence-corrected chi connectivity index (χ1v) is 7.38. The van der Waals surface area contributed by atoms with Gasteiger partial charge in [-0.3, -0.25) is 4.79 Å². The van der Waals surface area contributed by atoms with Crippen molar-refractivity contribution in [1.29, 1.82) is 0 Å². The van der Waals surface area contributed by atoms with E-state index in [4.69, 9.17) is 0 Å². The van der Waals surface area contributed by atoms with E-state index in [2.05, 4.69) is 25.2 Å². The molecule has 0 amide bonds. The van der Waals surface area contributed by atoms with Crippen molar-refractivity contribution in [1.82, 2.24) is 0 Å². The molecule has 0 radical (unpaired) electrons. The summed E-state index contributed by atoms with van der Waals surface area (Å²) in [6.07, 6.45) is 10.1. The van der Waals surface area contributed by atoms with Crippen LogP contribution in [0.15, 0.2) is 34.9 Å². The Morgan fingerprint density at radius 2 is 2.00 bits per heavy atom. The van der Waals surface area contributed by atoms with Crippen molar-refractivity contribution in [2.45, 2.75) is 45.6 Å². The van der Waals surface area contributed by atoms with Gasteiger partial charge in [-0.2, -0.15) is 0 Å². The van der Waals surface area contributed by atoms with E-state index in [1.165, 1.54) is 11.1 Å². The molecule has 0 aromatic heterocycles. The van der Waals surface area contributed by atoms with E-state index in [1.807, 2.05) is 6.92 Å². The molecule has 0 saturated heterocycles. The summed E-state index contributed by atoms with van der Waals surface area (Å²) in [5, 5.41) is 9.97. The summed E-state index contributed by atoms with van der Waals surface area (Å²) >= 11 is 0. The van der Waals surface area contributed by atoms with E-state index in [-0.39, 0.29) is 12.0 Å². The van der Waals surface area contributed by atoms with Gasteiger partial charge in [-0.1, -0.05) is 25.2 Å². The lowest BCUT2D eigenvalue weighted by atomic mass is 9.78. The monoisotopic (exact) mass is 258 g/mol. The molecule has 19 heavy (non-hydrogen) atoms. The first kappa shape index (κ1) is 12.9. The molecule has 2 heteroatoms. The second kappa shape index (κ2) is 4.75. The summed E-state index contributed by atoms with van der Waals surface area (Å²) in [4.78, 5) is 11.7. The molecule has 0 bridgehead atoms. The molecule has 1 N–H and O–H groups in total. The van der Waals surface area contributed by atoms with Crippen LogP contribution in [0.3, 0.4) is 0 Å². The third kappa shape index (κ3) is 2.23. The van der Waals surface area contributed by atoms with Crippen LogP contribution in [0.5, 0.6) is 0 Å². The lowest BCUT2D eigenvalue weighted by Gasteiger charge is -2.28. The highest BCUT2D eigenvalue weighted by molar-refractivity contribution is 5.84. The van der Waals surface area contributed by atoms with Crippen molar-refractivity contribution in [2.24, 2.45) is 17.8 Å². The minimum absolute atomic E-state index is 0.184. The fourth-order valence-electron chi connectivity index (χ4n) is 3.77. The Balaban J connectivity index is 1.86. The van der Waals surface area contributed by atoms with E-state index in [9.17, 15) is 9.90 Å². The number of ketones is 1. The zero-order valence-corrected chi connectivity index (χ0v) is 11.7. The molecule has 0 aromatic rings. The number of aliphatic hydroxyl groups excluding tert-OH is 1. The molecular formula is C17H22O2. The van der Waals surface area contributed by atoms with E-state index < -0.39 is 0 Å². The molecule has 0 aliphatic heterocycles. The van der Waals surface area contributed by atoms with Crippen LogP contribution in [-0.4, -0.2) is 17.0 Å². The van der Waals surface area contributed by atoms with E-state index in [1.54, 1.807) is 0 Å². The van der Waals surface area contributed by atoms with Gasteiger partial charge in [0, 0.05) is 18.3 Å². The van der Waals surface area contributed by atoms with Crippen molar-refractivity contribution in [2.75, 3.05) is 0 Å². The van der Waals surface area contributed by atoms with Crippen molar-refractivity contribution < 1.29 is 9.90 Å². The average molecular weight is 258 g/mol. The zero-order valence-electron chi connectivity index (χ0n) is 11.7. The van der Waals surface area contributed by atoms with Crippen LogP contribution in [-0.2, 0) is 4.79 Å². The van der Waals surface area contributed by atoms with E-state index in [0.29, 0.717) is 17.6 Å². The van der Waals surface area contributed by atoms with Gasteiger partial charge in [-0.25, -0.2) is 0 Å². The first-order chi connectivity index (χ1) is 9.06. The van der Waals surface area contributed by atoms with Gasteiger partial charge < -0.3 is 5.11 Å². The molecule has 2 nitrogen and oxygen atoms in total. The van der Waals surface area contributed by atoms with Gasteiger partial charge in [0.2, 0.25) is 0 Å². The second-order valence-corrected chi connectivity index (χ2v) is 6.32. The molecule has 4 unspecified atom stereocenters. The number of carbonyl (C=O) groups excluding carboxylic acids is 1. The van der Waals surface area contributed by atoms with Crippen LogP contribution in [0.1, 0.15) is 39.5 Å². The number of aliphatic hydroxyl groups is 1. The Labute approximate surface area is 114 Å². The number of hydrogen-bond acceptors (Lipinski definition) is 2. The predicted octanol–water partition coefficient (Wildman–Crippen LogP) is 3.19. The summed E-state index contributed by atoms with van der Waals surface area (Å²) in [5.74, 6) is 1.41. The van der Waals surface area contributed by atoms with E-state index in [0.717, 1.165) is 31.3 Å². The lowest BCUT2D eigenvalue weighted by molar-refractivity contribution is -0.121. The molecule has 102 valence electrons. The predicted molar refractivity (Wildman–Crippen MR) is 75.5 cm³/mol. The quantitative estimate of drug-likeness (QED) is 0.784. The molecule has 3 aliphatic carbocycles. The highest BCUT2D eigenvalue weighted by atomic mass is 16.3. The summed E-state index contributed by atoms with van der Waals surface area (Å²) in [6.45, 7) is 4.06. The minimum atomic E-state index is -0.339. The number of Topliss-reactive ketones (excluding diaryl/α,β-unsaturated/α-hetero) is 1. The van der Waals surface area contributed by atoms with E-state index >= 15 is 0 Å². The summed E-state index contributed by atoms with van der Waals surface area (Å²) in [7, 11) is 0. The fourth-order valence-corrected chi connectivity index (χ4v) is 3.77. The molecule has 0 heterocycles. The minimum Gasteiger partial charge on any atom is -0.388 e. The lowest BCUT2D eigenvalue weighted by Crippen LogP contribution is -2.22. The molecule has 3 rings (SSSR count). The molecule has 1 saturated carbocycles. The topological polar surface area (TPSA) is 37.3 Å². The molecule has 0 spiro atoms. The van der Waals surface area contributed by atoms with Crippen LogP contribution in [0.2, 0.25) is 0 Å². The second-order valence-electron chi connectivity index (χ2n) is 6.32. The number of rotatable bonds is 1. The Morgan fingerprint density at radius 1 is 1.21 bits per heavy atom. The number of hydrogen-bond donors (Lipinski definition) is 1. The standard InChI is InChI=1S/C17H22O2/c1-10-7-14(8-11(2)17(10)19)12-3-5-15-13(9-12)4-6-16(15)18/h7-10,13,15,17,19H,3-6H2,1-2H3. The maximum Gasteiger partial charge on any atom is 0.136 e. The highest BCUT2D eigenvalue weighted by Crippen LogP contribution is 2.41. The normalized spacial score (nSPS) is 38.5. The summed E-state index contributed by atoms with van der Waals surface area (Å²) < 4.78 is 0. The van der Waals surface area contributed by atoms with Gasteiger partial charge in [-0.15, -0.1) is 0 Å². The first-order valence-electron chi connectivity index (χ1n) is 7.38. The number of fused-ring (bicyclic) bond motifs is 1. The van der Waals surface area contributed by atoms with Crippen LogP contribution in [0.4, 0.5) is 0 Å². The zero-order chi connectivity index (χ0) is 13.6. The maximum absolute atomic E-state index is 11.7. The van der Waals surface area contributed by atoms with Crippen LogP contribution < -0.4 is 0 Å². The van der Waals surface area contributed by atoms with Crippen molar-refractivity contribution >= 4 is 5.78 Å². The van der Waals surface area contributed by atoms with Gasteiger partial charge in [0.1, 0.15) is 5.78 Å². The molecule has 3 aliphatic rings. The van der Waals surface area contributed by atoms with Gasteiger partial charge in [0.25, 0.3) is 0 Å². The number of allylic oxidation sites excluding steroid dienone is 4. The van der Waals surface area contributed by atoms with Crippen LogP contribution >= 0.6 is 0 Å². The molecular weight excluding hydrogens is 236 g/mol. The molecule has 4 atom stereocenters. The summed E-state index contributed by atoms with van der Waals surface area (Å²) in [6, 6.07) is 0. The van der Waals surface area contributed by atoms with Crippen molar-refractivity contribution in [3.05, 3.63) is 34.9 Å². The Morgan fingerprint density at radius 3 is 2.74 bits per heavy atom. The number of carbonyl (C=O) groups is 1. The summed E-state index contributed by atoms with van der Waals surface area (Å²) in [5.41, 5.74) is 3.71. The van der Waals surface area contributed by atoms with Crippen molar-refractivity contribution in [3.8, 4) is 0 Å². The molecule has 0 aromatic carbocycles. The van der Waals surface area contributed by atoms with Gasteiger partial charge >= 0.3 is 0 Å². The van der Waals surface area contributed by atoms with Gasteiger partial charge in [0.05, 0.1) is 6.10 Å². The third-order valence-electron chi connectivity index (χ3n) is 4.96. The maximum atomic E-state index is 11.7. The molecule has 1 fully saturated rings. The largest absolute Gasteiger partial charge is 0.388 e. The smallest absolute Gasteiger partial charge is 0.136 e. The average Bonchev–Trinajstić information content (AvgIpc) is 2.76. The van der Waals surface area contributed by atoms with Crippen LogP contribution in [0, 0.1) is 17.8 Å². The Bertz CT molecular complexity index is 495. The third-order valence-corrected chi connectivity index (χ3v) is 4.96.